The van der Waals surface area contributed by atoms with E-state index in [0.717, 1.165) is 42.0 Å². The number of rotatable bonds is 4. The number of hydrogen-bond acceptors (Lipinski definition) is 3. The van der Waals surface area contributed by atoms with Crippen molar-refractivity contribution in [2.45, 2.75) is 25.7 Å². The number of hydrogen-bond donors (Lipinski definition) is 2. The van der Waals surface area contributed by atoms with Gasteiger partial charge in [0.05, 0.1) is 12.0 Å². The average Bonchev–Trinajstić information content (AvgIpc) is 3.07. The fraction of sp³-hybridized carbons (Fsp3) is 0.304. The van der Waals surface area contributed by atoms with Crippen molar-refractivity contribution in [1.82, 2.24) is 10.4 Å². The molecule has 5 nitrogen and oxygen atoms in total. The number of nitrogens with zero attached hydrogens (tertiary/aromatic N) is 1. The molecule has 1 heterocycles. The highest BCUT2D eigenvalue weighted by atomic mass is 16.5. The van der Waals surface area contributed by atoms with Crippen molar-refractivity contribution in [2.24, 2.45) is 5.41 Å². The van der Waals surface area contributed by atoms with Crippen LogP contribution < -0.4 is 5.32 Å². The first-order chi connectivity index (χ1) is 13.6. The summed E-state index contributed by atoms with van der Waals surface area (Å²) in [4.78, 5) is 24.9. The maximum Gasteiger partial charge on any atom is 0.277 e. The largest absolute Gasteiger partial charge is 0.356 e. The van der Waals surface area contributed by atoms with Crippen molar-refractivity contribution >= 4 is 17.9 Å². The Morgan fingerprint density at radius 3 is 2.71 bits per heavy atom. The van der Waals surface area contributed by atoms with Crippen LogP contribution in [0.2, 0.25) is 0 Å². The summed E-state index contributed by atoms with van der Waals surface area (Å²) in [5, 5.41) is 13.8. The molecule has 1 spiro atoms. The van der Waals surface area contributed by atoms with Gasteiger partial charge < -0.3 is 5.32 Å². The zero-order valence-corrected chi connectivity index (χ0v) is 15.7. The fourth-order valence-electron chi connectivity index (χ4n) is 4.20. The van der Waals surface area contributed by atoms with E-state index in [4.69, 9.17) is 0 Å². The first-order valence-corrected chi connectivity index (χ1v) is 9.70. The van der Waals surface area contributed by atoms with Gasteiger partial charge in [-0.1, -0.05) is 48.6 Å². The van der Waals surface area contributed by atoms with Crippen LogP contribution in [0.4, 0.5) is 0 Å². The number of fused-ring (bicyclic) bond motifs is 1. The van der Waals surface area contributed by atoms with Gasteiger partial charge in [-0.2, -0.15) is 0 Å². The molecule has 0 saturated carbocycles. The maximum absolute atomic E-state index is 12.6. The molecular formula is C23H24N2O3. The van der Waals surface area contributed by atoms with Gasteiger partial charge in [0.25, 0.3) is 5.91 Å². The molecule has 0 radical (unpaired) electrons. The van der Waals surface area contributed by atoms with E-state index in [1.807, 2.05) is 48.5 Å². The van der Waals surface area contributed by atoms with E-state index >= 15 is 0 Å². The molecule has 1 aliphatic heterocycles. The summed E-state index contributed by atoms with van der Waals surface area (Å²) in [6, 6.07) is 15.3. The molecule has 4 rings (SSSR count). The van der Waals surface area contributed by atoms with Crippen molar-refractivity contribution in [2.75, 3.05) is 13.1 Å². The summed E-state index contributed by atoms with van der Waals surface area (Å²) >= 11 is 0. The normalized spacial score (nSPS) is 21.0. The summed E-state index contributed by atoms with van der Waals surface area (Å²) in [5.74, 6) is -0.305. The summed E-state index contributed by atoms with van der Waals surface area (Å²) in [5.41, 5.74) is 3.37. The van der Waals surface area contributed by atoms with Crippen molar-refractivity contribution < 1.29 is 14.8 Å². The van der Waals surface area contributed by atoms with Gasteiger partial charge in [-0.25, -0.2) is 5.06 Å². The Labute approximate surface area is 164 Å². The first-order valence-electron chi connectivity index (χ1n) is 9.70. The van der Waals surface area contributed by atoms with E-state index in [1.165, 1.54) is 5.56 Å². The highest BCUT2D eigenvalue weighted by molar-refractivity contribution is 5.94. The smallest absolute Gasteiger partial charge is 0.277 e. The van der Waals surface area contributed by atoms with Gasteiger partial charge in [0.2, 0.25) is 5.91 Å². The van der Waals surface area contributed by atoms with Gasteiger partial charge in [0.1, 0.15) is 0 Å². The van der Waals surface area contributed by atoms with E-state index in [9.17, 15) is 14.8 Å². The van der Waals surface area contributed by atoms with Gasteiger partial charge in [-0.15, -0.1) is 0 Å². The minimum absolute atomic E-state index is 0.108. The zero-order valence-electron chi connectivity index (χ0n) is 15.7. The van der Waals surface area contributed by atoms with Crippen LogP contribution in [0.15, 0.2) is 54.6 Å². The summed E-state index contributed by atoms with van der Waals surface area (Å²) in [6.45, 7) is 0.835. The molecule has 2 aromatic carbocycles. The Hall–Kier alpha value is -2.92. The van der Waals surface area contributed by atoms with Crippen molar-refractivity contribution in [1.29, 1.82) is 0 Å². The lowest BCUT2D eigenvalue weighted by molar-refractivity contribution is -0.128. The minimum atomic E-state index is -0.434. The molecule has 1 fully saturated rings. The number of amides is 2. The third kappa shape index (κ3) is 3.58. The molecule has 2 N–H and O–H groups in total. The molecule has 5 heteroatoms. The van der Waals surface area contributed by atoms with Gasteiger partial charge in [-0.3, -0.25) is 14.8 Å². The molecule has 2 amide bonds. The van der Waals surface area contributed by atoms with Crippen LogP contribution >= 0.6 is 0 Å². The number of nitrogens with one attached hydrogen (secondary N) is 1. The molecule has 2 aromatic rings. The summed E-state index contributed by atoms with van der Waals surface area (Å²) < 4.78 is 0. The van der Waals surface area contributed by atoms with Gasteiger partial charge in [0, 0.05) is 12.1 Å². The van der Waals surface area contributed by atoms with Crippen LogP contribution in [0.5, 0.6) is 0 Å². The highest BCUT2D eigenvalue weighted by Gasteiger charge is 2.44. The first kappa shape index (κ1) is 18.4. The molecule has 28 heavy (non-hydrogen) atoms. The molecule has 0 aromatic heterocycles. The van der Waals surface area contributed by atoms with Crippen LogP contribution in [-0.2, 0) is 17.6 Å². The monoisotopic (exact) mass is 376 g/mol. The van der Waals surface area contributed by atoms with Crippen LogP contribution in [-0.4, -0.2) is 35.2 Å². The second-order valence-electron chi connectivity index (χ2n) is 7.65. The third-order valence-electron chi connectivity index (χ3n) is 5.85. The number of carbonyl (C=O) groups excluding carboxylic acids is 2. The van der Waals surface area contributed by atoms with E-state index in [1.54, 1.807) is 12.1 Å². The summed E-state index contributed by atoms with van der Waals surface area (Å²) in [6.07, 6.45) is 6.83. The molecule has 1 atom stereocenters. The number of carbonyl (C=O) groups is 2. The van der Waals surface area contributed by atoms with E-state index in [2.05, 4.69) is 5.32 Å². The Bertz CT molecular complexity index is 923. The summed E-state index contributed by atoms with van der Waals surface area (Å²) in [7, 11) is 0. The van der Waals surface area contributed by atoms with Crippen LogP contribution in [0, 0.1) is 5.41 Å². The minimum Gasteiger partial charge on any atom is -0.356 e. The lowest BCUT2D eigenvalue weighted by Crippen LogP contribution is -2.36. The van der Waals surface area contributed by atoms with E-state index in [0.29, 0.717) is 12.0 Å². The molecule has 144 valence electrons. The Morgan fingerprint density at radius 1 is 1.14 bits per heavy atom. The highest BCUT2D eigenvalue weighted by Crippen LogP contribution is 2.41. The SMILES string of the molecule is O=C(c1ccc2c(c1)C[C@@]1(CCNC1=O)CC2)N(O)CC=Cc1ccccc1. The molecule has 0 unspecified atom stereocenters. The number of hydroxylamine groups is 2. The van der Waals surface area contributed by atoms with E-state index < -0.39 is 5.91 Å². The Morgan fingerprint density at radius 2 is 1.96 bits per heavy atom. The second-order valence-corrected chi connectivity index (χ2v) is 7.65. The molecule has 1 aliphatic carbocycles. The molecular weight excluding hydrogens is 352 g/mol. The van der Waals surface area contributed by atoms with Crippen LogP contribution in [0.1, 0.15) is 39.9 Å². The second kappa shape index (κ2) is 7.60. The molecule has 2 aliphatic rings. The Kier molecular flexibility index (Phi) is 5.01. The van der Waals surface area contributed by atoms with E-state index in [-0.39, 0.29) is 17.9 Å². The number of aryl methyl sites for hydroxylation is 1. The third-order valence-corrected chi connectivity index (χ3v) is 5.85. The predicted molar refractivity (Wildman–Crippen MR) is 107 cm³/mol. The van der Waals surface area contributed by atoms with Gasteiger partial charge in [0.15, 0.2) is 0 Å². The van der Waals surface area contributed by atoms with Crippen molar-refractivity contribution in [3.05, 3.63) is 76.9 Å². The quantitative estimate of drug-likeness (QED) is 0.636. The molecule has 1 saturated heterocycles. The molecule has 0 bridgehead atoms. The zero-order chi connectivity index (χ0) is 19.6. The lowest BCUT2D eigenvalue weighted by Gasteiger charge is -2.32. The Balaban J connectivity index is 1.46. The average molecular weight is 376 g/mol. The predicted octanol–water partition coefficient (Wildman–Crippen LogP) is 3.23. The van der Waals surface area contributed by atoms with Gasteiger partial charge >= 0.3 is 0 Å². The van der Waals surface area contributed by atoms with Crippen LogP contribution in [0.3, 0.4) is 0 Å². The van der Waals surface area contributed by atoms with Crippen molar-refractivity contribution in [3.8, 4) is 0 Å². The van der Waals surface area contributed by atoms with Crippen molar-refractivity contribution in [3.63, 3.8) is 0 Å². The fourth-order valence-corrected chi connectivity index (χ4v) is 4.20. The topological polar surface area (TPSA) is 69.6 Å². The number of benzene rings is 2. The standard InChI is InChI=1S/C23H24N2O3/c26-21(25(28)14-4-7-17-5-2-1-3-6-17)19-9-8-18-10-11-23(16-20(18)15-19)12-13-24-22(23)27/h1-9,15,28H,10-14,16H2,(H,24,27)/t23-/m0/s1. The van der Waals surface area contributed by atoms with Gasteiger partial charge in [-0.05, 0) is 54.5 Å². The maximum atomic E-state index is 12.6. The lowest BCUT2D eigenvalue weighted by atomic mass is 9.70. The van der Waals surface area contributed by atoms with Crippen LogP contribution in [0.25, 0.3) is 6.08 Å².